The summed E-state index contributed by atoms with van der Waals surface area (Å²) in [4.78, 5) is 38.6. The van der Waals surface area contributed by atoms with Crippen LogP contribution in [0.3, 0.4) is 0 Å². The zero-order valence-corrected chi connectivity index (χ0v) is 25.2. The molecule has 2 saturated heterocycles. The molecular weight excluding hydrogens is 613 g/mol. The Morgan fingerprint density at radius 3 is 2.38 bits per heavy atom. The van der Waals surface area contributed by atoms with Crippen molar-refractivity contribution in [3.63, 3.8) is 0 Å². The molecule has 3 heterocycles. The summed E-state index contributed by atoms with van der Waals surface area (Å²) in [5.41, 5.74) is -0.143. The van der Waals surface area contributed by atoms with E-state index in [4.69, 9.17) is 4.84 Å². The molecule has 1 N–H and O–H groups in total. The number of halogens is 4. The fourth-order valence-corrected chi connectivity index (χ4v) is 6.40. The fourth-order valence-electron chi connectivity index (χ4n) is 6.14. The number of amides is 1. The zero-order valence-electron chi connectivity index (χ0n) is 23.6. The van der Waals surface area contributed by atoms with Gasteiger partial charge in [0, 0.05) is 40.6 Å². The smallest absolute Gasteiger partial charge is 0.396 e. The van der Waals surface area contributed by atoms with Crippen LogP contribution >= 0.6 is 15.9 Å². The number of piperidine rings is 2. The van der Waals surface area contributed by atoms with Gasteiger partial charge in [0.1, 0.15) is 12.2 Å². The maximum Gasteiger partial charge on any atom is 0.418 e. The Balaban J connectivity index is 1.24. The van der Waals surface area contributed by atoms with Crippen LogP contribution < -0.4 is 5.43 Å². The number of aromatic amines is 1. The van der Waals surface area contributed by atoms with Crippen LogP contribution in [0.4, 0.5) is 13.2 Å². The number of aromatic nitrogens is 1. The molecule has 0 atom stereocenters. The van der Waals surface area contributed by atoms with Crippen molar-refractivity contribution >= 4 is 38.5 Å². The molecule has 2 fully saturated rings. The molecule has 0 bridgehead atoms. The van der Waals surface area contributed by atoms with Crippen molar-refractivity contribution in [2.75, 3.05) is 32.8 Å². The third kappa shape index (κ3) is 6.13. The van der Waals surface area contributed by atoms with Gasteiger partial charge in [-0.3, -0.25) is 14.5 Å². The molecular formula is C31H34BrF3N4O3. The second-order valence-corrected chi connectivity index (χ2v) is 12.1. The number of carbonyl (C=O) groups is 1. The standard InChI is InChI=1S/C31H34BrF3N4O3/c1-3-42-37-26(20-7-9-22(32)10-8-20)21-11-15-39(16-12-21)30(2)13-17-38(18-14-30)29(41)24-19-36-27-23(28(24)40)5-4-6-25(27)31(33,34)35/h4-10,19,21H,3,11-18H2,1-2H3,(H,36,40)/b37-26+. The average molecular weight is 648 g/mol. The predicted octanol–water partition coefficient (Wildman–Crippen LogP) is 6.46. The molecule has 1 amide bonds. The summed E-state index contributed by atoms with van der Waals surface area (Å²) >= 11 is 3.49. The highest BCUT2D eigenvalue weighted by molar-refractivity contribution is 9.10. The SMILES string of the molecule is CCO/N=C(\c1ccc(Br)cc1)C1CCN(C2(C)CCN(C(=O)c3c[nH]c4c(C(F)(F)F)cccc4c3=O)CC2)CC1. The number of alkyl halides is 3. The van der Waals surface area contributed by atoms with Gasteiger partial charge in [0.05, 0.1) is 16.8 Å². The summed E-state index contributed by atoms with van der Waals surface area (Å²) in [6.45, 7) is 7.36. The van der Waals surface area contributed by atoms with Gasteiger partial charge in [-0.2, -0.15) is 13.2 Å². The topological polar surface area (TPSA) is 78.0 Å². The molecule has 0 saturated carbocycles. The molecule has 11 heteroatoms. The second-order valence-electron chi connectivity index (χ2n) is 11.2. The minimum Gasteiger partial charge on any atom is -0.396 e. The van der Waals surface area contributed by atoms with Gasteiger partial charge in [-0.25, -0.2) is 0 Å². The molecule has 3 aromatic rings. The van der Waals surface area contributed by atoms with Gasteiger partial charge in [0.25, 0.3) is 5.91 Å². The first-order chi connectivity index (χ1) is 20.0. The number of pyridine rings is 1. The lowest BCUT2D eigenvalue weighted by Gasteiger charge is -2.49. The lowest BCUT2D eigenvalue weighted by molar-refractivity contribution is -0.136. The molecule has 7 nitrogen and oxygen atoms in total. The van der Waals surface area contributed by atoms with E-state index in [1.807, 2.05) is 19.1 Å². The van der Waals surface area contributed by atoms with Gasteiger partial charge in [-0.1, -0.05) is 39.3 Å². The van der Waals surface area contributed by atoms with Crippen LogP contribution in [0.15, 0.2) is 63.1 Å². The normalized spacial score (nSPS) is 18.8. The maximum absolute atomic E-state index is 13.4. The highest BCUT2D eigenvalue weighted by Gasteiger charge is 2.40. The van der Waals surface area contributed by atoms with Crippen LogP contribution in [0.5, 0.6) is 0 Å². The molecule has 2 aliphatic heterocycles. The summed E-state index contributed by atoms with van der Waals surface area (Å²) in [7, 11) is 0. The van der Waals surface area contributed by atoms with Crippen LogP contribution in [0.2, 0.25) is 0 Å². The molecule has 5 rings (SSSR count). The van der Waals surface area contributed by atoms with Crippen LogP contribution in [-0.2, 0) is 11.0 Å². The second kappa shape index (κ2) is 12.2. The van der Waals surface area contributed by atoms with Crippen molar-refractivity contribution in [2.45, 2.75) is 51.2 Å². The fraction of sp³-hybridized carbons (Fsp3) is 0.452. The number of fused-ring (bicyclic) bond motifs is 1. The number of likely N-dealkylation sites (tertiary alicyclic amines) is 2. The Hall–Kier alpha value is -3.18. The summed E-state index contributed by atoms with van der Waals surface area (Å²) in [5, 5.41) is 4.33. The van der Waals surface area contributed by atoms with E-state index in [-0.39, 0.29) is 27.9 Å². The summed E-state index contributed by atoms with van der Waals surface area (Å²) in [6, 6.07) is 11.5. The summed E-state index contributed by atoms with van der Waals surface area (Å²) < 4.78 is 41.2. The molecule has 42 heavy (non-hydrogen) atoms. The Morgan fingerprint density at radius 1 is 1.10 bits per heavy atom. The number of H-pyrrole nitrogens is 1. The lowest BCUT2D eigenvalue weighted by Crippen LogP contribution is -2.57. The molecule has 0 unspecified atom stereocenters. The molecule has 0 aliphatic carbocycles. The largest absolute Gasteiger partial charge is 0.418 e. The zero-order chi connectivity index (χ0) is 30.1. The highest BCUT2D eigenvalue weighted by Crippen LogP contribution is 2.35. The van der Waals surface area contributed by atoms with Gasteiger partial charge in [-0.15, -0.1) is 0 Å². The van der Waals surface area contributed by atoms with Crippen molar-refractivity contribution in [3.8, 4) is 0 Å². The quantitative estimate of drug-likeness (QED) is 0.246. The van der Waals surface area contributed by atoms with Crippen LogP contribution in [0.1, 0.15) is 61.0 Å². The van der Waals surface area contributed by atoms with Gasteiger partial charge in [0.15, 0.2) is 0 Å². The average Bonchev–Trinajstić information content (AvgIpc) is 2.98. The number of nitrogens with zero attached hydrogens (tertiary/aromatic N) is 3. The Labute approximate surface area is 250 Å². The number of para-hydroxylation sites is 1. The number of nitrogens with one attached hydrogen (secondary N) is 1. The highest BCUT2D eigenvalue weighted by atomic mass is 79.9. The molecule has 224 valence electrons. The van der Waals surface area contributed by atoms with E-state index in [1.54, 1.807) is 4.90 Å². The van der Waals surface area contributed by atoms with Crippen molar-refractivity contribution < 1.29 is 22.8 Å². The molecule has 0 radical (unpaired) electrons. The first-order valence-electron chi connectivity index (χ1n) is 14.2. The van der Waals surface area contributed by atoms with Gasteiger partial charge in [0.2, 0.25) is 5.43 Å². The predicted molar refractivity (Wildman–Crippen MR) is 160 cm³/mol. The molecule has 2 aromatic carbocycles. The summed E-state index contributed by atoms with van der Waals surface area (Å²) in [6.07, 6.45) is -0.150. The number of rotatable bonds is 6. The van der Waals surface area contributed by atoms with Crippen molar-refractivity contribution in [2.24, 2.45) is 11.1 Å². The van der Waals surface area contributed by atoms with E-state index in [9.17, 15) is 22.8 Å². The Bertz CT molecular complexity index is 1520. The van der Waals surface area contributed by atoms with Crippen LogP contribution in [0, 0.1) is 5.92 Å². The monoisotopic (exact) mass is 646 g/mol. The minimum atomic E-state index is -4.61. The van der Waals surface area contributed by atoms with E-state index in [0.717, 1.165) is 66.8 Å². The van der Waals surface area contributed by atoms with E-state index in [1.165, 1.54) is 12.1 Å². The van der Waals surface area contributed by atoms with E-state index < -0.39 is 23.1 Å². The van der Waals surface area contributed by atoms with Crippen molar-refractivity contribution in [1.29, 1.82) is 0 Å². The maximum atomic E-state index is 13.4. The van der Waals surface area contributed by atoms with Gasteiger partial charge in [-0.05, 0) is 82.4 Å². The number of hydrogen-bond donors (Lipinski definition) is 1. The van der Waals surface area contributed by atoms with Crippen molar-refractivity contribution in [1.82, 2.24) is 14.8 Å². The molecule has 2 aliphatic rings. The van der Waals surface area contributed by atoms with Gasteiger partial charge < -0.3 is 14.7 Å². The first-order valence-corrected chi connectivity index (χ1v) is 15.0. The molecule has 0 spiro atoms. The number of benzene rings is 2. The Kier molecular flexibility index (Phi) is 8.80. The van der Waals surface area contributed by atoms with Crippen LogP contribution in [-0.4, -0.2) is 64.7 Å². The first kappa shape index (κ1) is 30.3. The van der Waals surface area contributed by atoms with Gasteiger partial charge >= 0.3 is 6.18 Å². The Morgan fingerprint density at radius 2 is 1.76 bits per heavy atom. The third-order valence-corrected chi connectivity index (χ3v) is 9.18. The third-order valence-electron chi connectivity index (χ3n) is 8.66. The number of hydrogen-bond acceptors (Lipinski definition) is 5. The van der Waals surface area contributed by atoms with Crippen LogP contribution in [0.25, 0.3) is 10.9 Å². The minimum absolute atomic E-state index is 0.103. The lowest BCUT2D eigenvalue weighted by atomic mass is 9.82. The van der Waals surface area contributed by atoms with E-state index in [2.05, 4.69) is 50.0 Å². The molecule has 1 aromatic heterocycles. The number of oxime groups is 1. The van der Waals surface area contributed by atoms with E-state index in [0.29, 0.717) is 19.7 Å². The number of carbonyl (C=O) groups excluding carboxylic acids is 1. The van der Waals surface area contributed by atoms with Crippen molar-refractivity contribution in [3.05, 3.63) is 80.0 Å². The van der Waals surface area contributed by atoms with E-state index >= 15 is 0 Å². The summed E-state index contributed by atoms with van der Waals surface area (Å²) in [5.74, 6) is -0.181.